The summed E-state index contributed by atoms with van der Waals surface area (Å²) in [6.07, 6.45) is 5.18. The minimum absolute atomic E-state index is 0.675. The fourth-order valence-corrected chi connectivity index (χ4v) is 2.97. The first-order chi connectivity index (χ1) is 8.72. The summed E-state index contributed by atoms with van der Waals surface area (Å²) in [6.45, 7) is 7.83. The van der Waals surface area contributed by atoms with Gasteiger partial charge in [0.25, 0.3) is 0 Å². The van der Waals surface area contributed by atoms with E-state index in [1.807, 2.05) is 11.8 Å². The summed E-state index contributed by atoms with van der Waals surface area (Å²) in [4.78, 5) is 1.41. The average Bonchev–Trinajstić information content (AvgIpc) is 2.36. The van der Waals surface area contributed by atoms with E-state index in [-0.39, 0.29) is 0 Å². The second kappa shape index (κ2) is 9.46. The second-order valence-corrected chi connectivity index (χ2v) is 6.18. The Kier molecular flexibility index (Phi) is 8.19. The van der Waals surface area contributed by atoms with Crippen LogP contribution in [0.3, 0.4) is 0 Å². The highest BCUT2D eigenvalue weighted by Crippen LogP contribution is 2.20. The minimum atomic E-state index is 0.675. The molecule has 0 aliphatic heterocycles. The lowest BCUT2D eigenvalue weighted by Crippen LogP contribution is -2.26. The average molecular weight is 265 g/mol. The molecule has 2 heteroatoms. The van der Waals surface area contributed by atoms with Crippen molar-refractivity contribution in [3.63, 3.8) is 0 Å². The first kappa shape index (κ1) is 15.6. The van der Waals surface area contributed by atoms with E-state index in [0.717, 1.165) is 6.54 Å². The van der Waals surface area contributed by atoms with Crippen molar-refractivity contribution in [2.75, 3.05) is 12.3 Å². The van der Waals surface area contributed by atoms with Crippen LogP contribution in [0.15, 0.2) is 29.2 Å². The van der Waals surface area contributed by atoms with Crippen LogP contribution in [-0.2, 0) is 0 Å². The predicted molar refractivity (Wildman–Crippen MR) is 83.5 cm³/mol. The summed E-state index contributed by atoms with van der Waals surface area (Å²) in [5.74, 6) is 1.24. The van der Waals surface area contributed by atoms with E-state index in [0.29, 0.717) is 6.04 Å². The van der Waals surface area contributed by atoms with Crippen LogP contribution in [0, 0.1) is 6.92 Å². The van der Waals surface area contributed by atoms with Gasteiger partial charge in [0.05, 0.1) is 0 Å². The quantitative estimate of drug-likeness (QED) is 0.515. The Morgan fingerprint density at radius 3 is 2.83 bits per heavy atom. The van der Waals surface area contributed by atoms with E-state index in [1.165, 1.54) is 41.9 Å². The van der Waals surface area contributed by atoms with Crippen molar-refractivity contribution in [3.05, 3.63) is 29.8 Å². The summed E-state index contributed by atoms with van der Waals surface area (Å²) in [7, 11) is 0. The number of hydrogen-bond donors (Lipinski definition) is 1. The normalized spacial score (nSPS) is 12.6. The molecule has 102 valence electrons. The van der Waals surface area contributed by atoms with Crippen LogP contribution in [-0.4, -0.2) is 18.3 Å². The van der Waals surface area contributed by atoms with Crippen molar-refractivity contribution in [3.8, 4) is 0 Å². The van der Waals surface area contributed by atoms with Crippen molar-refractivity contribution in [1.82, 2.24) is 5.32 Å². The van der Waals surface area contributed by atoms with Crippen molar-refractivity contribution >= 4 is 11.8 Å². The minimum Gasteiger partial charge on any atom is -0.314 e. The van der Waals surface area contributed by atoms with Gasteiger partial charge in [0.2, 0.25) is 0 Å². The first-order valence-electron chi connectivity index (χ1n) is 7.15. The van der Waals surface area contributed by atoms with Crippen LogP contribution in [0.1, 0.15) is 45.1 Å². The molecule has 0 radical (unpaired) electrons. The highest BCUT2D eigenvalue weighted by Gasteiger charge is 2.00. The fraction of sp³-hybridized carbons (Fsp3) is 0.625. The van der Waals surface area contributed by atoms with E-state index in [9.17, 15) is 0 Å². The second-order valence-electron chi connectivity index (χ2n) is 5.02. The van der Waals surface area contributed by atoms with Gasteiger partial charge in [0, 0.05) is 10.9 Å². The molecular weight excluding hydrogens is 238 g/mol. The summed E-state index contributed by atoms with van der Waals surface area (Å²) in [6, 6.07) is 9.47. The number of benzene rings is 1. The SMILES string of the molecule is CCCNC(C)CCCCSc1cccc(C)c1. The monoisotopic (exact) mass is 265 g/mol. The van der Waals surface area contributed by atoms with Gasteiger partial charge < -0.3 is 5.32 Å². The lowest BCUT2D eigenvalue weighted by Gasteiger charge is -2.12. The van der Waals surface area contributed by atoms with E-state index in [2.05, 4.69) is 50.4 Å². The fourth-order valence-electron chi connectivity index (χ4n) is 1.94. The highest BCUT2D eigenvalue weighted by atomic mass is 32.2. The van der Waals surface area contributed by atoms with E-state index >= 15 is 0 Å². The summed E-state index contributed by atoms with van der Waals surface area (Å²) in [5.41, 5.74) is 1.36. The standard InChI is InChI=1S/C16H27NS/c1-4-11-17-15(3)9-5-6-12-18-16-10-7-8-14(2)13-16/h7-8,10,13,15,17H,4-6,9,11-12H2,1-3H3. The predicted octanol–water partition coefficient (Wildman–Crippen LogP) is 4.65. The van der Waals surface area contributed by atoms with E-state index < -0.39 is 0 Å². The molecule has 1 aromatic carbocycles. The van der Waals surface area contributed by atoms with Crippen molar-refractivity contribution in [2.45, 2.75) is 57.4 Å². The Morgan fingerprint density at radius 2 is 2.11 bits per heavy atom. The molecule has 1 unspecified atom stereocenters. The molecule has 1 atom stereocenters. The van der Waals surface area contributed by atoms with E-state index in [4.69, 9.17) is 0 Å². The maximum absolute atomic E-state index is 3.54. The molecular formula is C16H27NS. The van der Waals surface area contributed by atoms with Crippen LogP contribution in [0.2, 0.25) is 0 Å². The molecule has 0 aromatic heterocycles. The lowest BCUT2D eigenvalue weighted by molar-refractivity contribution is 0.496. The van der Waals surface area contributed by atoms with Gasteiger partial charge in [-0.1, -0.05) is 31.0 Å². The molecule has 0 fully saturated rings. The zero-order chi connectivity index (χ0) is 13.2. The Morgan fingerprint density at radius 1 is 1.28 bits per heavy atom. The summed E-state index contributed by atoms with van der Waals surface area (Å²) in [5, 5.41) is 3.54. The molecule has 0 bridgehead atoms. The highest BCUT2D eigenvalue weighted by molar-refractivity contribution is 7.99. The van der Waals surface area contributed by atoms with Crippen molar-refractivity contribution in [1.29, 1.82) is 0 Å². The lowest BCUT2D eigenvalue weighted by atomic mass is 10.1. The van der Waals surface area contributed by atoms with Gasteiger partial charge in [-0.25, -0.2) is 0 Å². The Balaban J connectivity index is 2.05. The third-order valence-corrected chi connectivity index (χ3v) is 4.11. The molecule has 18 heavy (non-hydrogen) atoms. The molecule has 0 saturated carbocycles. The number of hydrogen-bond acceptors (Lipinski definition) is 2. The van der Waals surface area contributed by atoms with Gasteiger partial charge in [0.1, 0.15) is 0 Å². The molecule has 0 heterocycles. The number of thioether (sulfide) groups is 1. The molecule has 0 amide bonds. The molecule has 0 aliphatic rings. The summed E-state index contributed by atoms with van der Waals surface area (Å²) < 4.78 is 0. The third-order valence-electron chi connectivity index (χ3n) is 3.03. The van der Waals surface area contributed by atoms with Gasteiger partial charge in [-0.05, 0) is 57.5 Å². The zero-order valence-electron chi connectivity index (χ0n) is 12.0. The van der Waals surface area contributed by atoms with Crippen LogP contribution >= 0.6 is 11.8 Å². The van der Waals surface area contributed by atoms with Crippen LogP contribution < -0.4 is 5.32 Å². The molecule has 0 spiro atoms. The smallest absolute Gasteiger partial charge is 0.00745 e. The number of unbranched alkanes of at least 4 members (excludes halogenated alkanes) is 1. The molecule has 0 aliphatic carbocycles. The van der Waals surface area contributed by atoms with Crippen LogP contribution in [0.25, 0.3) is 0 Å². The van der Waals surface area contributed by atoms with Crippen molar-refractivity contribution < 1.29 is 0 Å². The topological polar surface area (TPSA) is 12.0 Å². The van der Waals surface area contributed by atoms with Gasteiger partial charge in [0.15, 0.2) is 0 Å². The van der Waals surface area contributed by atoms with Crippen LogP contribution in [0.5, 0.6) is 0 Å². The number of aryl methyl sites for hydroxylation is 1. The van der Waals surface area contributed by atoms with Crippen LogP contribution in [0.4, 0.5) is 0 Å². The van der Waals surface area contributed by atoms with Gasteiger partial charge in [-0.2, -0.15) is 0 Å². The number of nitrogens with one attached hydrogen (secondary N) is 1. The Labute approximate surface area is 117 Å². The van der Waals surface area contributed by atoms with E-state index in [1.54, 1.807) is 0 Å². The molecule has 1 nitrogen and oxygen atoms in total. The summed E-state index contributed by atoms with van der Waals surface area (Å²) >= 11 is 1.98. The largest absolute Gasteiger partial charge is 0.314 e. The van der Waals surface area contributed by atoms with Gasteiger partial charge in [-0.15, -0.1) is 11.8 Å². The van der Waals surface area contributed by atoms with Crippen molar-refractivity contribution in [2.24, 2.45) is 0 Å². The maximum Gasteiger partial charge on any atom is 0.00745 e. The Bertz CT molecular complexity index is 325. The Hall–Kier alpha value is -0.470. The third kappa shape index (κ3) is 7.07. The molecule has 1 rings (SSSR count). The maximum atomic E-state index is 3.54. The number of rotatable bonds is 9. The zero-order valence-corrected chi connectivity index (χ0v) is 12.9. The molecule has 0 saturated heterocycles. The first-order valence-corrected chi connectivity index (χ1v) is 8.13. The van der Waals surface area contributed by atoms with Gasteiger partial charge >= 0.3 is 0 Å². The van der Waals surface area contributed by atoms with Gasteiger partial charge in [-0.3, -0.25) is 0 Å². The molecule has 1 N–H and O–H groups in total. The molecule has 1 aromatic rings.